The maximum Gasteiger partial charge on any atom is 0.410 e. The van der Waals surface area contributed by atoms with Crippen molar-refractivity contribution in [2.45, 2.75) is 166 Å². The van der Waals surface area contributed by atoms with Gasteiger partial charge in [0.1, 0.15) is 35.3 Å². The van der Waals surface area contributed by atoms with Crippen LogP contribution < -0.4 is 15.4 Å². The number of methoxy groups -OCH3 is 2. The number of aliphatic carboxylic acids is 2. The van der Waals surface area contributed by atoms with Gasteiger partial charge in [-0.3, -0.25) is 28.9 Å². The molecule has 2 aromatic carbocycles. The van der Waals surface area contributed by atoms with E-state index in [0.29, 0.717) is 31.4 Å². The predicted molar refractivity (Wildman–Crippen MR) is 293 cm³/mol. The van der Waals surface area contributed by atoms with Crippen molar-refractivity contribution >= 4 is 52.6 Å². The minimum atomic E-state index is -1.65. The summed E-state index contributed by atoms with van der Waals surface area (Å²) >= 11 is 0. The van der Waals surface area contributed by atoms with Gasteiger partial charge in [-0.2, -0.15) is 0 Å². The number of benzene rings is 2. The third-order valence-electron chi connectivity index (χ3n) is 15.5. The first-order valence-electron chi connectivity index (χ1n) is 27.4. The second-order valence-electron chi connectivity index (χ2n) is 21.3. The zero-order chi connectivity index (χ0) is 60.0. The van der Waals surface area contributed by atoms with Gasteiger partial charge in [-0.05, 0) is 55.4 Å². The van der Waals surface area contributed by atoms with E-state index in [9.17, 15) is 59.1 Å². The number of amides is 5. The zero-order valence-electron chi connectivity index (χ0n) is 47.8. The average Bonchev–Trinajstić information content (AvgIpc) is 4.26. The Morgan fingerprint density at radius 3 is 2.23 bits per heavy atom. The van der Waals surface area contributed by atoms with Crippen LogP contribution in [-0.2, 0) is 54.1 Å². The third kappa shape index (κ3) is 16.2. The van der Waals surface area contributed by atoms with E-state index in [2.05, 4.69) is 16.6 Å². The molecule has 7 N–H and O–H groups in total. The largest absolute Gasteiger partial charge is 0.481 e. The number of fused-ring (bicyclic) bond motifs is 1. The maximum atomic E-state index is 14.3. The Morgan fingerprint density at radius 2 is 1.63 bits per heavy atom. The number of nitrogens with zero attached hydrogens (tertiary/aromatic N) is 3. The zero-order valence-corrected chi connectivity index (χ0v) is 47.8. The van der Waals surface area contributed by atoms with Gasteiger partial charge in [0.2, 0.25) is 29.9 Å². The van der Waals surface area contributed by atoms with E-state index in [0.717, 1.165) is 4.90 Å². The van der Waals surface area contributed by atoms with Crippen LogP contribution in [0.15, 0.2) is 52.9 Å². The Bertz CT molecular complexity index is 2680. The van der Waals surface area contributed by atoms with Crippen molar-refractivity contribution in [1.29, 1.82) is 0 Å². The average molecular weight is 1140 g/mol. The normalized spacial score (nSPS) is 21.5. The molecule has 3 aromatic rings. The van der Waals surface area contributed by atoms with Gasteiger partial charge >= 0.3 is 18.0 Å². The SMILES string of the molecule is C#CCC(OC(=O)N(C)[C@H](C(=O)NCC(=O)N(C)C([C@@H](C)CC)[C@@H](CC(=O)N1CCC[C@H]1C(OC)[C@@H](C)C(=O)N[C@H](C)C(O)c1ccccc1)OC)C(C)C)c1ccc(O[C@@H]2O[C@H](C(=O)O)C[C@H](O)[C@H]2O)c2cc(CCC(=O)O)oc12. The Labute approximate surface area is 472 Å². The molecule has 3 heterocycles. The number of ether oxygens (including phenoxy) is 5. The van der Waals surface area contributed by atoms with E-state index in [4.69, 9.17) is 34.5 Å². The molecule has 1 aromatic heterocycles. The fourth-order valence-electron chi connectivity index (χ4n) is 10.8. The topological polar surface area (TPSA) is 314 Å². The van der Waals surface area contributed by atoms with Crippen LogP contribution in [0.4, 0.5) is 4.79 Å². The summed E-state index contributed by atoms with van der Waals surface area (Å²) in [6.45, 7) is 10.6. The highest BCUT2D eigenvalue weighted by atomic mass is 16.7. The van der Waals surface area contributed by atoms with Gasteiger partial charge < -0.3 is 74.1 Å². The number of hydrogen-bond acceptors (Lipinski definition) is 16. The lowest BCUT2D eigenvalue weighted by molar-refractivity contribution is -0.237. The summed E-state index contributed by atoms with van der Waals surface area (Å²) in [7, 11) is 5.88. The number of rotatable bonds is 28. The van der Waals surface area contributed by atoms with Crippen molar-refractivity contribution in [1.82, 2.24) is 25.3 Å². The van der Waals surface area contributed by atoms with Gasteiger partial charge in [0.25, 0.3) is 0 Å². The van der Waals surface area contributed by atoms with Gasteiger partial charge in [-0.1, -0.05) is 71.4 Å². The molecule has 0 saturated carbocycles. The van der Waals surface area contributed by atoms with Gasteiger partial charge in [0.15, 0.2) is 6.10 Å². The van der Waals surface area contributed by atoms with E-state index < -0.39 is 128 Å². The summed E-state index contributed by atoms with van der Waals surface area (Å²) in [6, 6.07) is 10.4. The van der Waals surface area contributed by atoms with Crippen molar-refractivity contribution in [2.75, 3.05) is 41.4 Å². The van der Waals surface area contributed by atoms with E-state index in [-0.39, 0.29) is 71.5 Å². The van der Waals surface area contributed by atoms with Crippen molar-refractivity contribution < 1.29 is 87.2 Å². The Kier molecular flexibility index (Phi) is 23.9. The van der Waals surface area contributed by atoms with Crippen LogP contribution >= 0.6 is 0 Å². The van der Waals surface area contributed by atoms with Gasteiger partial charge in [-0.15, -0.1) is 12.3 Å². The molecule has 23 heteroatoms. The number of aryl methyl sites for hydroxylation is 1. The molecule has 14 atom stereocenters. The standard InChI is InChI=1S/C58H81N5O18/c1-12-18-41(37-23-24-42(38-27-36(78-53(37)38)22-25-47(67)68)79-57-51(70)40(64)28-44(80-57)56(73)74)81-58(75)62(9)48(31(3)4)55(72)59-30-46(66)61(8)49(32(5)13-2)43(76-10)29-45(65)63-26-17-21-39(63)52(77-11)33(6)54(71)60-34(7)50(69)35-19-15-14-16-20-35/h1,14-16,19-20,23-24,27,31-34,39-41,43-44,48-52,57,64,69-70H,13,17-18,21-22,25-26,28-30H2,2-11H3,(H,59,72)(H,60,71)(H,67,68)(H,73,74)/t32-,33+,34+,39-,40-,41?,43+,44-,48-,49?,50?,51+,52?,57+/m0/s1. The molecule has 0 spiro atoms. The Morgan fingerprint density at radius 1 is 0.938 bits per heavy atom. The molecule has 2 saturated heterocycles. The fourth-order valence-corrected chi connectivity index (χ4v) is 10.8. The van der Waals surface area contributed by atoms with Crippen LogP contribution in [0, 0.1) is 30.1 Å². The Balaban J connectivity index is 1.27. The minimum Gasteiger partial charge on any atom is -0.481 e. The minimum absolute atomic E-state index is 0.0169. The number of nitrogens with one attached hydrogen (secondary N) is 2. The first kappa shape index (κ1) is 65.0. The summed E-state index contributed by atoms with van der Waals surface area (Å²) in [6.07, 6.45) is -4.44. The molecule has 23 nitrogen and oxygen atoms in total. The number of hydrogen-bond donors (Lipinski definition) is 7. The van der Waals surface area contributed by atoms with Crippen molar-refractivity contribution in [3.8, 4) is 18.1 Å². The number of terminal acetylenes is 1. The summed E-state index contributed by atoms with van der Waals surface area (Å²) < 4.78 is 35.3. The molecule has 81 heavy (non-hydrogen) atoms. The molecule has 5 rings (SSSR count). The highest BCUT2D eigenvalue weighted by Gasteiger charge is 2.44. The highest BCUT2D eigenvalue weighted by molar-refractivity contribution is 5.91. The van der Waals surface area contributed by atoms with E-state index >= 15 is 0 Å². The molecular weight excluding hydrogens is 1050 g/mol. The van der Waals surface area contributed by atoms with E-state index in [1.807, 2.05) is 19.9 Å². The molecular formula is C58H81N5O18. The molecule has 0 aliphatic carbocycles. The Hall–Kier alpha value is -6.81. The predicted octanol–water partition coefficient (Wildman–Crippen LogP) is 4.18. The lowest BCUT2D eigenvalue weighted by Gasteiger charge is -2.39. The van der Waals surface area contributed by atoms with Crippen LogP contribution in [0.3, 0.4) is 0 Å². The van der Waals surface area contributed by atoms with Crippen molar-refractivity contribution in [3.05, 3.63) is 65.4 Å². The fraction of sp³-hybridized carbons (Fsp3) is 0.603. The first-order valence-corrected chi connectivity index (χ1v) is 27.4. The number of likely N-dealkylation sites (tertiary alicyclic amines) is 1. The lowest BCUT2D eigenvalue weighted by atomic mass is 9.90. The summed E-state index contributed by atoms with van der Waals surface area (Å²) in [5, 5.41) is 56.7. The molecule has 0 radical (unpaired) electrons. The number of aliphatic hydroxyl groups excluding tert-OH is 3. The third-order valence-corrected chi connectivity index (χ3v) is 15.5. The van der Waals surface area contributed by atoms with Crippen LogP contribution in [0.1, 0.15) is 116 Å². The molecule has 0 bridgehead atoms. The van der Waals surface area contributed by atoms with Gasteiger partial charge in [0, 0.05) is 53.3 Å². The van der Waals surface area contributed by atoms with E-state index in [1.54, 1.807) is 63.9 Å². The van der Waals surface area contributed by atoms with Crippen molar-refractivity contribution in [2.24, 2.45) is 17.8 Å². The number of carbonyl (C=O) groups is 7. The number of likely N-dealkylation sites (N-methyl/N-ethyl adjacent to an activating group) is 2. The molecule has 2 aliphatic heterocycles. The van der Waals surface area contributed by atoms with Crippen LogP contribution in [0.2, 0.25) is 0 Å². The maximum absolute atomic E-state index is 14.3. The monoisotopic (exact) mass is 1140 g/mol. The smallest absolute Gasteiger partial charge is 0.410 e. The second-order valence-corrected chi connectivity index (χ2v) is 21.3. The molecule has 2 aliphatic rings. The molecule has 2 fully saturated rings. The van der Waals surface area contributed by atoms with Crippen molar-refractivity contribution in [3.63, 3.8) is 0 Å². The molecule has 446 valence electrons. The number of carboxylic acid groups (broad SMARTS) is 2. The van der Waals surface area contributed by atoms with E-state index in [1.165, 1.54) is 44.4 Å². The van der Waals surface area contributed by atoms with Crippen LogP contribution in [0.5, 0.6) is 5.75 Å². The molecule has 4 unspecified atom stereocenters. The number of carboxylic acids is 2. The highest BCUT2D eigenvalue weighted by Crippen LogP contribution is 2.39. The number of carbonyl (C=O) groups excluding carboxylic acids is 5. The lowest BCUT2D eigenvalue weighted by Crippen LogP contribution is -2.56. The quantitative estimate of drug-likeness (QED) is 0.0502. The second kappa shape index (κ2) is 29.8. The van der Waals surface area contributed by atoms with Crippen LogP contribution in [0.25, 0.3) is 11.0 Å². The number of furan rings is 1. The van der Waals surface area contributed by atoms with Gasteiger partial charge in [0.05, 0.1) is 79.7 Å². The van der Waals surface area contributed by atoms with Crippen LogP contribution in [-0.4, -0.2) is 184 Å². The molecule has 5 amide bonds. The van der Waals surface area contributed by atoms with Gasteiger partial charge in [-0.25, -0.2) is 9.59 Å². The number of aliphatic hydroxyl groups is 3. The first-order chi connectivity index (χ1) is 38.4. The summed E-state index contributed by atoms with van der Waals surface area (Å²) in [4.78, 5) is 97.7. The summed E-state index contributed by atoms with van der Waals surface area (Å²) in [5.41, 5.74) is 0.908. The summed E-state index contributed by atoms with van der Waals surface area (Å²) in [5.74, 6) is -3.06.